The molecule has 0 radical (unpaired) electrons. The van der Waals surface area contributed by atoms with E-state index in [1.54, 1.807) is 16.7 Å². The molecule has 0 saturated carbocycles. The lowest BCUT2D eigenvalue weighted by Gasteiger charge is -2.27. The van der Waals surface area contributed by atoms with E-state index in [2.05, 4.69) is 23.3 Å². The van der Waals surface area contributed by atoms with Crippen LogP contribution in [0.4, 0.5) is 4.79 Å². The third-order valence-electron chi connectivity index (χ3n) is 4.87. The zero-order chi connectivity index (χ0) is 20.7. The molecule has 1 aromatic heterocycles. The number of carbonyl (C=O) groups is 1. The molecular formula is C23H31N3O2. The van der Waals surface area contributed by atoms with Gasteiger partial charge in [-0.2, -0.15) is 0 Å². The maximum atomic E-state index is 12.3. The second-order valence-corrected chi connectivity index (χ2v) is 7.73. The van der Waals surface area contributed by atoms with Gasteiger partial charge < -0.3 is 15.2 Å². The quantitative estimate of drug-likeness (QED) is 0.673. The molecule has 2 N–H and O–H groups in total. The van der Waals surface area contributed by atoms with Gasteiger partial charge >= 0.3 is 6.03 Å². The summed E-state index contributed by atoms with van der Waals surface area (Å²) in [6.45, 7) is 13.1. The van der Waals surface area contributed by atoms with Gasteiger partial charge in [0.15, 0.2) is 0 Å². The van der Waals surface area contributed by atoms with Gasteiger partial charge in [-0.1, -0.05) is 36.4 Å². The van der Waals surface area contributed by atoms with Crippen molar-refractivity contribution in [3.05, 3.63) is 76.2 Å². The van der Waals surface area contributed by atoms with Crippen LogP contribution in [0.1, 0.15) is 50.4 Å². The van der Waals surface area contributed by atoms with Crippen molar-refractivity contribution in [1.82, 2.24) is 15.2 Å². The molecule has 0 atom stereocenters. The summed E-state index contributed by atoms with van der Waals surface area (Å²) in [4.78, 5) is 24.1. The summed E-state index contributed by atoms with van der Waals surface area (Å²) < 4.78 is 1.76. The van der Waals surface area contributed by atoms with Gasteiger partial charge in [0.25, 0.3) is 5.56 Å². The molecule has 2 rings (SSSR count). The lowest BCUT2D eigenvalue weighted by Crippen LogP contribution is -2.46. The van der Waals surface area contributed by atoms with Gasteiger partial charge in [-0.3, -0.25) is 4.79 Å². The Morgan fingerprint density at radius 1 is 1.14 bits per heavy atom. The second-order valence-electron chi connectivity index (χ2n) is 7.73. The summed E-state index contributed by atoms with van der Waals surface area (Å²) >= 11 is 0. The molecule has 2 amide bonds. The highest BCUT2D eigenvalue weighted by Crippen LogP contribution is 2.23. The SMILES string of the molecule is C=C(C)c1cccc(C(C)(C)NC(=O)NCCCCn2c(C)cccc2=O)c1. The van der Waals surface area contributed by atoms with Gasteiger partial charge in [-0.25, -0.2) is 4.79 Å². The standard InChI is InChI=1S/C23H31N3O2/c1-17(2)19-11-9-12-20(16-19)23(4,5)25-22(28)24-14-6-7-15-26-18(3)10-8-13-21(26)27/h8-13,16H,1,6-7,14-15H2,2-5H3,(H2,24,25,28). The van der Waals surface area contributed by atoms with Crippen LogP contribution in [0.3, 0.4) is 0 Å². The number of nitrogens with one attached hydrogen (secondary N) is 2. The topological polar surface area (TPSA) is 63.1 Å². The van der Waals surface area contributed by atoms with Crippen LogP contribution in [-0.4, -0.2) is 17.1 Å². The van der Waals surface area contributed by atoms with Gasteiger partial charge in [0, 0.05) is 24.8 Å². The molecule has 5 nitrogen and oxygen atoms in total. The van der Waals surface area contributed by atoms with Crippen LogP contribution in [0, 0.1) is 6.92 Å². The summed E-state index contributed by atoms with van der Waals surface area (Å²) in [5.41, 5.74) is 3.57. The van der Waals surface area contributed by atoms with Crippen molar-refractivity contribution in [3.8, 4) is 0 Å². The van der Waals surface area contributed by atoms with Gasteiger partial charge in [-0.05, 0) is 63.8 Å². The zero-order valence-corrected chi connectivity index (χ0v) is 17.3. The maximum absolute atomic E-state index is 12.3. The minimum absolute atomic E-state index is 0.0180. The Hall–Kier alpha value is -2.82. The first kappa shape index (κ1) is 21.5. The summed E-state index contributed by atoms with van der Waals surface area (Å²) in [6.07, 6.45) is 1.63. The van der Waals surface area contributed by atoms with Crippen LogP contribution in [0.2, 0.25) is 0 Å². The molecule has 0 bridgehead atoms. The van der Waals surface area contributed by atoms with E-state index >= 15 is 0 Å². The van der Waals surface area contributed by atoms with Gasteiger partial charge in [0.1, 0.15) is 0 Å². The molecule has 0 saturated heterocycles. The number of rotatable bonds is 8. The first-order chi connectivity index (χ1) is 13.2. The summed E-state index contributed by atoms with van der Waals surface area (Å²) in [5, 5.41) is 5.94. The first-order valence-corrected chi connectivity index (χ1v) is 9.69. The van der Waals surface area contributed by atoms with Gasteiger partial charge in [-0.15, -0.1) is 0 Å². The predicted molar refractivity (Wildman–Crippen MR) is 115 cm³/mol. The van der Waals surface area contributed by atoms with E-state index in [1.807, 2.05) is 52.0 Å². The number of benzene rings is 1. The summed E-state index contributed by atoms with van der Waals surface area (Å²) in [7, 11) is 0. The monoisotopic (exact) mass is 381 g/mol. The van der Waals surface area contributed by atoms with Crippen LogP contribution in [0.5, 0.6) is 0 Å². The van der Waals surface area contributed by atoms with Crippen molar-refractivity contribution in [2.75, 3.05) is 6.54 Å². The molecule has 0 aliphatic rings. The number of carbonyl (C=O) groups excluding carboxylic acids is 1. The average Bonchev–Trinajstić information content (AvgIpc) is 2.63. The molecule has 2 aromatic rings. The van der Waals surface area contributed by atoms with E-state index in [-0.39, 0.29) is 11.6 Å². The third-order valence-corrected chi connectivity index (χ3v) is 4.87. The Morgan fingerprint density at radius 3 is 2.54 bits per heavy atom. The van der Waals surface area contributed by atoms with Crippen molar-refractivity contribution in [2.24, 2.45) is 0 Å². The number of urea groups is 1. The van der Waals surface area contributed by atoms with E-state index in [4.69, 9.17) is 0 Å². The normalized spacial score (nSPS) is 11.1. The molecule has 5 heteroatoms. The van der Waals surface area contributed by atoms with Crippen LogP contribution >= 0.6 is 0 Å². The van der Waals surface area contributed by atoms with E-state index in [1.165, 1.54) is 0 Å². The molecular weight excluding hydrogens is 350 g/mol. The fourth-order valence-electron chi connectivity index (χ4n) is 3.08. The van der Waals surface area contributed by atoms with Gasteiger partial charge in [0.05, 0.1) is 5.54 Å². The summed E-state index contributed by atoms with van der Waals surface area (Å²) in [6, 6.07) is 13.1. The molecule has 150 valence electrons. The maximum Gasteiger partial charge on any atom is 0.315 e. The number of nitrogens with zero attached hydrogens (tertiary/aromatic N) is 1. The molecule has 28 heavy (non-hydrogen) atoms. The number of hydrogen-bond donors (Lipinski definition) is 2. The van der Waals surface area contributed by atoms with E-state index in [0.29, 0.717) is 13.1 Å². The van der Waals surface area contributed by atoms with Crippen LogP contribution in [0.25, 0.3) is 5.57 Å². The number of pyridine rings is 1. The number of amides is 2. The molecule has 0 aliphatic heterocycles. The van der Waals surface area contributed by atoms with E-state index < -0.39 is 5.54 Å². The van der Waals surface area contributed by atoms with E-state index in [9.17, 15) is 9.59 Å². The number of allylic oxidation sites excluding steroid dienone is 1. The van der Waals surface area contributed by atoms with Crippen molar-refractivity contribution in [1.29, 1.82) is 0 Å². The van der Waals surface area contributed by atoms with Crippen molar-refractivity contribution >= 4 is 11.6 Å². The third kappa shape index (κ3) is 5.84. The highest BCUT2D eigenvalue weighted by molar-refractivity contribution is 5.75. The van der Waals surface area contributed by atoms with Gasteiger partial charge in [0.2, 0.25) is 0 Å². The Bertz CT molecular complexity index is 897. The number of aryl methyl sites for hydroxylation is 1. The van der Waals surface area contributed by atoms with E-state index in [0.717, 1.165) is 35.2 Å². The Kier molecular flexibility index (Phi) is 7.21. The zero-order valence-electron chi connectivity index (χ0n) is 17.3. The minimum atomic E-state index is -0.496. The number of aromatic nitrogens is 1. The molecule has 0 unspecified atom stereocenters. The average molecular weight is 382 g/mol. The smallest absolute Gasteiger partial charge is 0.315 e. The Labute approximate surface area is 167 Å². The van der Waals surface area contributed by atoms with Crippen LogP contribution < -0.4 is 16.2 Å². The Morgan fingerprint density at radius 2 is 1.86 bits per heavy atom. The molecule has 1 aromatic carbocycles. The Balaban J connectivity index is 1.81. The van der Waals surface area contributed by atoms with Crippen LogP contribution in [0.15, 0.2) is 53.8 Å². The highest BCUT2D eigenvalue weighted by Gasteiger charge is 2.23. The molecule has 0 aliphatic carbocycles. The largest absolute Gasteiger partial charge is 0.338 e. The fourth-order valence-corrected chi connectivity index (χ4v) is 3.08. The molecule has 0 fully saturated rings. The fraction of sp³-hybridized carbons (Fsp3) is 0.391. The van der Waals surface area contributed by atoms with Crippen molar-refractivity contribution in [2.45, 2.75) is 52.6 Å². The van der Waals surface area contributed by atoms with Crippen molar-refractivity contribution in [3.63, 3.8) is 0 Å². The first-order valence-electron chi connectivity index (χ1n) is 9.69. The van der Waals surface area contributed by atoms with Crippen LogP contribution in [-0.2, 0) is 12.1 Å². The predicted octanol–water partition coefficient (Wildman–Crippen LogP) is 4.20. The lowest BCUT2D eigenvalue weighted by atomic mass is 9.92. The highest BCUT2D eigenvalue weighted by atomic mass is 16.2. The second kappa shape index (κ2) is 9.40. The molecule has 0 spiro atoms. The summed E-state index contributed by atoms with van der Waals surface area (Å²) in [5.74, 6) is 0. The van der Waals surface area contributed by atoms with Crippen molar-refractivity contribution < 1.29 is 4.79 Å². The number of unbranched alkanes of at least 4 members (excludes halogenated alkanes) is 1. The minimum Gasteiger partial charge on any atom is -0.338 e. The lowest BCUT2D eigenvalue weighted by molar-refractivity contribution is 0.229. The number of hydrogen-bond acceptors (Lipinski definition) is 2. The molecule has 1 heterocycles.